The van der Waals surface area contributed by atoms with Crippen LogP contribution < -0.4 is 20.1 Å². The zero-order valence-electron chi connectivity index (χ0n) is 14.7. The molecule has 0 radical (unpaired) electrons. The third-order valence-corrected chi connectivity index (χ3v) is 3.93. The van der Waals surface area contributed by atoms with Crippen LogP contribution in [0.15, 0.2) is 30.9 Å². The van der Waals surface area contributed by atoms with Crippen LogP contribution in [0.3, 0.4) is 0 Å². The molecule has 136 valence electrons. The van der Waals surface area contributed by atoms with Gasteiger partial charge in [0.15, 0.2) is 0 Å². The Morgan fingerprint density at radius 1 is 1.32 bits per heavy atom. The molecule has 0 aliphatic heterocycles. The molecule has 0 saturated heterocycles. The molecule has 1 aliphatic carbocycles. The Morgan fingerprint density at radius 3 is 2.68 bits per heavy atom. The van der Waals surface area contributed by atoms with E-state index < -0.39 is 6.03 Å². The van der Waals surface area contributed by atoms with Crippen LogP contribution in [0.5, 0.6) is 11.5 Å². The van der Waals surface area contributed by atoms with Gasteiger partial charge in [0, 0.05) is 24.7 Å². The van der Waals surface area contributed by atoms with Crippen LogP contribution in [-0.4, -0.2) is 50.2 Å². The number of urea groups is 1. The van der Waals surface area contributed by atoms with Gasteiger partial charge in [0.25, 0.3) is 0 Å². The van der Waals surface area contributed by atoms with Gasteiger partial charge in [0.05, 0.1) is 20.8 Å². The van der Waals surface area contributed by atoms with Crippen molar-refractivity contribution in [3.05, 3.63) is 36.4 Å². The standard InChI is InChI=1S/C18H25N3O4/c1-4-9-19-18(23)20-17(22)12-21(14-5-6-14)11-13-10-15(24-2)7-8-16(13)25-3/h4,7-8,10,14H,1,5-6,9,11-12H2,2-3H3,(H2,19,20,22,23). The normalized spacial score (nSPS) is 13.2. The highest BCUT2D eigenvalue weighted by molar-refractivity contribution is 5.95. The molecule has 0 unspecified atom stereocenters. The van der Waals surface area contributed by atoms with E-state index in [9.17, 15) is 9.59 Å². The topological polar surface area (TPSA) is 79.9 Å². The summed E-state index contributed by atoms with van der Waals surface area (Å²) in [6, 6.07) is 5.42. The lowest BCUT2D eigenvalue weighted by Crippen LogP contribution is -2.44. The number of hydrogen-bond acceptors (Lipinski definition) is 5. The molecule has 0 heterocycles. The predicted octanol–water partition coefficient (Wildman–Crippen LogP) is 1.68. The summed E-state index contributed by atoms with van der Waals surface area (Å²) < 4.78 is 10.7. The Balaban J connectivity index is 2.00. The molecule has 2 rings (SSSR count). The number of nitrogens with one attached hydrogen (secondary N) is 2. The Bertz CT molecular complexity index is 629. The summed E-state index contributed by atoms with van der Waals surface area (Å²) in [4.78, 5) is 25.8. The number of methoxy groups -OCH3 is 2. The van der Waals surface area contributed by atoms with Crippen molar-refractivity contribution in [2.75, 3.05) is 27.3 Å². The van der Waals surface area contributed by atoms with Crippen molar-refractivity contribution in [3.63, 3.8) is 0 Å². The minimum atomic E-state index is -0.514. The minimum Gasteiger partial charge on any atom is -0.497 e. The molecule has 0 bridgehead atoms. The van der Waals surface area contributed by atoms with Gasteiger partial charge < -0.3 is 14.8 Å². The van der Waals surface area contributed by atoms with Crippen molar-refractivity contribution < 1.29 is 19.1 Å². The second-order valence-electron chi connectivity index (χ2n) is 5.86. The maximum Gasteiger partial charge on any atom is 0.321 e. The Morgan fingerprint density at radius 2 is 2.08 bits per heavy atom. The lowest BCUT2D eigenvalue weighted by molar-refractivity contribution is -0.121. The first-order valence-electron chi connectivity index (χ1n) is 8.21. The van der Waals surface area contributed by atoms with Crippen molar-refractivity contribution in [3.8, 4) is 11.5 Å². The smallest absolute Gasteiger partial charge is 0.321 e. The van der Waals surface area contributed by atoms with E-state index in [1.807, 2.05) is 23.1 Å². The fourth-order valence-electron chi connectivity index (χ4n) is 2.54. The van der Waals surface area contributed by atoms with Gasteiger partial charge in [-0.25, -0.2) is 4.79 Å². The SMILES string of the molecule is C=CCNC(=O)NC(=O)CN(Cc1cc(OC)ccc1OC)C1CC1. The van der Waals surface area contributed by atoms with E-state index in [2.05, 4.69) is 17.2 Å². The lowest BCUT2D eigenvalue weighted by atomic mass is 10.1. The molecule has 0 aromatic heterocycles. The Labute approximate surface area is 148 Å². The molecule has 3 amide bonds. The van der Waals surface area contributed by atoms with Crippen molar-refractivity contribution in [2.24, 2.45) is 0 Å². The third-order valence-electron chi connectivity index (χ3n) is 3.93. The molecule has 25 heavy (non-hydrogen) atoms. The number of carbonyl (C=O) groups excluding carboxylic acids is 2. The van der Waals surface area contributed by atoms with Gasteiger partial charge in [0.1, 0.15) is 11.5 Å². The molecule has 0 atom stereocenters. The first-order valence-corrected chi connectivity index (χ1v) is 8.21. The van der Waals surface area contributed by atoms with E-state index in [1.54, 1.807) is 20.3 Å². The quantitative estimate of drug-likeness (QED) is 0.665. The van der Waals surface area contributed by atoms with E-state index in [0.717, 1.165) is 29.9 Å². The predicted molar refractivity (Wildman–Crippen MR) is 94.7 cm³/mol. The largest absolute Gasteiger partial charge is 0.497 e. The molecule has 7 nitrogen and oxygen atoms in total. The van der Waals surface area contributed by atoms with Crippen LogP contribution in [0, 0.1) is 0 Å². The highest BCUT2D eigenvalue weighted by Gasteiger charge is 2.31. The van der Waals surface area contributed by atoms with Crippen molar-refractivity contribution in [1.82, 2.24) is 15.5 Å². The monoisotopic (exact) mass is 347 g/mol. The average molecular weight is 347 g/mol. The van der Waals surface area contributed by atoms with E-state index in [0.29, 0.717) is 19.1 Å². The van der Waals surface area contributed by atoms with Gasteiger partial charge >= 0.3 is 6.03 Å². The van der Waals surface area contributed by atoms with E-state index >= 15 is 0 Å². The highest BCUT2D eigenvalue weighted by Crippen LogP contribution is 2.31. The molecular formula is C18H25N3O4. The maximum absolute atomic E-state index is 12.1. The van der Waals surface area contributed by atoms with Crippen LogP contribution >= 0.6 is 0 Å². The minimum absolute atomic E-state index is 0.145. The molecular weight excluding hydrogens is 322 g/mol. The molecule has 7 heteroatoms. The van der Waals surface area contributed by atoms with Crippen LogP contribution in [0.25, 0.3) is 0 Å². The lowest BCUT2D eigenvalue weighted by Gasteiger charge is -2.22. The number of benzene rings is 1. The van der Waals surface area contributed by atoms with Crippen LogP contribution in [-0.2, 0) is 11.3 Å². The molecule has 2 N–H and O–H groups in total. The summed E-state index contributed by atoms with van der Waals surface area (Å²) in [6.45, 7) is 4.52. The Hall–Kier alpha value is -2.54. The Kier molecular flexibility index (Phi) is 6.82. The first-order chi connectivity index (χ1) is 12.1. The second-order valence-corrected chi connectivity index (χ2v) is 5.86. The van der Waals surface area contributed by atoms with Gasteiger partial charge in [-0.05, 0) is 31.0 Å². The molecule has 1 aromatic carbocycles. The maximum atomic E-state index is 12.1. The van der Waals surface area contributed by atoms with Gasteiger partial charge in [0.2, 0.25) is 5.91 Å². The zero-order chi connectivity index (χ0) is 18.2. The van der Waals surface area contributed by atoms with Gasteiger partial charge in [-0.2, -0.15) is 0 Å². The van der Waals surface area contributed by atoms with Crippen LogP contribution in [0.2, 0.25) is 0 Å². The van der Waals surface area contributed by atoms with E-state index in [-0.39, 0.29) is 12.5 Å². The fourth-order valence-corrected chi connectivity index (χ4v) is 2.54. The number of nitrogens with zero attached hydrogens (tertiary/aromatic N) is 1. The van der Waals surface area contributed by atoms with Crippen molar-refractivity contribution in [1.29, 1.82) is 0 Å². The number of rotatable bonds is 9. The first kappa shape index (κ1) is 18.8. The molecule has 1 aliphatic rings. The zero-order valence-corrected chi connectivity index (χ0v) is 14.7. The number of hydrogen-bond donors (Lipinski definition) is 2. The van der Waals surface area contributed by atoms with Crippen LogP contribution in [0.1, 0.15) is 18.4 Å². The number of imide groups is 1. The summed E-state index contributed by atoms with van der Waals surface area (Å²) >= 11 is 0. The van der Waals surface area contributed by atoms with Gasteiger partial charge in [-0.1, -0.05) is 6.08 Å². The fraction of sp³-hybridized carbons (Fsp3) is 0.444. The third kappa shape index (κ3) is 5.79. The second kappa shape index (κ2) is 9.08. The van der Waals surface area contributed by atoms with E-state index in [4.69, 9.17) is 9.47 Å². The molecule has 0 spiro atoms. The number of amides is 3. The van der Waals surface area contributed by atoms with E-state index in [1.165, 1.54) is 0 Å². The summed E-state index contributed by atoms with van der Waals surface area (Å²) in [6.07, 6.45) is 3.64. The number of carbonyl (C=O) groups is 2. The molecule has 1 saturated carbocycles. The highest BCUT2D eigenvalue weighted by atomic mass is 16.5. The summed E-state index contributed by atoms with van der Waals surface area (Å²) in [5, 5.41) is 4.85. The summed E-state index contributed by atoms with van der Waals surface area (Å²) in [5.74, 6) is 1.14. The molecule has 1 fully saturated rings. The van der Waals surface area contributed by atoms with Gasteiger partial charge in [-0.15, -0.1) is 6.58 Å². The van der Waals surface area contributed by atoms with Crippen molar-refractivity contribution >= 4 is 11.9 Å². The summed E-state index contributed by atoms with van der Waals surface area (Å²) in [5.41, 5.74) is 0.942. The van der Waals surface area contributed by atoms with Gasteiger partial charge in [-0.3, -0.25) is 15.0 Å². The van der Waals surface area contributed by atoms with Crippen molar-refractivity contribution in [2.45, 2.75) is 25.4 Å². The summed E-state index contributed by atoms with van der Waals surface area (Å²) in [7, 11) is 3.23. The van der Waals surface area contributed by atoms with Crippen LogP contribution in [0.4, 0.5) is 4.79 Å². The molecule has 1 aromatic rings. The average Bonchev–Trinajstić information content (AvgIpc) is 3.44. The number of ether oxygens (including phenoxy) is 2.